The highest BCUT2D eigenvalue weighted by molar-refractivity contribution is 5.90. The Morgan fingerprint density at radius 2 is 1.69 bits per heavy atom. The number of Topliss-reactive ketones (excluding diaryl/α,β-unsaturated/α-hetero) is 1. The van der Waals surface area contributed by atoms with E-state index in [1.54, 1.807) is 13.8 Å². The van der Waals surface area contributed by atoms with Crippen LogP contribution in [0.5, 0.6) is 0 Å². The van der Waals surface area contributed by atoms with Gasteiger partial charge in [0, 0.05) is 19.3 Å². The van der Waals surface area contributed by atoms with Gasteiger partial charge in [-0.15, -0.1) is 0 Å². The predicted molar refractivity (Wildman–Crippen MR) is 164 cm³/mol. The topological polar surface area (TPSA) is 132 Å². The molecule has 2 heterocycles. The van der Waals surface area contributed by atoms with Crippen LogP contribution in [0.25, 0.3) is 0 Å². The molecular weight excluding hydrogens is 576 g/mol. The molecule has 3 N–H and O–H groups in total. The summed E-state index contributed by atoms with van der Waals surface area (Å²) in [6, 6.07) is 0. The van der Waals surface area contributed by atoms with Gasteiger partial charge in [-0.2, -0.15) is 0 Å². The van der Waals surface area contributed by atoms with E-state index in [0.717, 1.165) is 44.9 Å². The molecule has 14 unspecified atom stereocenters. The Morgan fingerprint density at radius 1 is 0.978 bits per heavy atom. The molecule has 0 radical (unpaired) electrons. The summed E-state index contributed by atoms with van der Waals surface area (Å²) < 4.78 is 24.6. The average molecular weight is 633 g/mol. The molecule has 15 atom stereocenters. The van der Waals surface area contributed by atoms with Crippen molar-refractivity contribution >= 4 is 11.8 Å². The molecule has 7 fully saturated rings. The molecule has 9 nitrogen and oxygen atoms in total. The second-order valence-electron chi connectivity index (χ2n) is 17.5. The number of ketones is 1. The Morgan fingerprint density at radius 3 is 2.36 bits per heavy atom. The van der Waals surface area contributed by atoms with Crippen molar-refractivity contribution in [2.24, 2.45) is 51.2 Å². The normalized spacial score (nSPS) is 52.4. The maximum Gasteiger partial charge on any atom is 0.303 e. The molecule has 2 aliphatic heterocycles. The van der Waals surface area contributed by atoms with Crippen molar-refractivity contribution in [3.8, 4) is 0 Å². The van der Waals surface area contributed by atoms with E-state index in [0.29, 0.717) is 24.2 Å². The first-order valence-electron chi connectivity index (χ1n) is 17.7. The maximum absolute atomic E-state index is 14.6. The number of hydrogen-bond donors (Lipinski definition) is 3. The third-order valence-electron chi connectivity index (χ3n) is 15.0. The van der Waals surface area contributed by atoms with Gasteiger partial charge in [0.05, 0.1) is 30.5 Å². The number of esters is 1. The summed E-state index contributed by atoms with van der Waals surface area (Å²) in [5, 5.41) is 31.0. The Hall–Kier alpha value is -1.10. The molecule has 254 valence electrons. The summed E-state index contributed by atoms with van der Waals surface area (Å²) in [4.78, 5) is 26.5. The van der Waals surface area contributed by atoms with Crippen LogP contribution >= 0.6 is 0 Å². The maximum atomic E-state index is 14.6. The Kier molecular flexibility index (Phi) is 7.53. The first kappa shape index (κ1) is 32.4. The van der Waals surface area contributed by atoms with E-state index in [9.17, 15) is 24.9 Å². The molecule has 7 aliphatic rings. The van der Waals surface area contributed by atoms with Crippen LogP contribution in [0, 0.1) is 51.2 Å². The van der Waals surface area contributed by atoms with Crippen molar-refractivity contribution in [2.45, 2.75) is 155 Å². The summed E-state index contributed by atoms with van der Waals surface area (Å²) in [5.41, 5.74) is -1.12. The van der Waals surface area contributed by atoms with Crippen LogP contribution in [0.3, 0.4) is 0 Å². The fourth-order valence-corrected chi connectivity index (χ4v) is 13.1. The van der Waals surface area contributed by atoms with Crippen LogP contribution in [0.2, 0.25) is 0 Å². The van der Waals surface area contributed by atoms with Crippen molar-refractivity contribution in [3.63, 3.8) is 0 Å². The van der Waals surface area contributed by atoms with E-state index in [4.69, 9.17) is 18.9 Å². The van der Waals surface area contributed by atoms with Crippen molar-refractivity contribution in [1.29, 1.82) is 0 Å². The summed E-state index contributed by atoms with van der Waals surface area (Å²) in [6.45, 7) is 14.2. The van der Waals surface area contributed by atoms with E-state index in [-0.39, 0.29) is 58.4 Å². The second-order valence-corrected chi connectivity index (χ2v) is 17.5. The minimum atomic E-state index is -1.28. The number of carbonyl (C=O) groups is 2. The number of aliphatic hydroxyl groups excluding tert-OH is 2. The van der Waals surface area contributed by atoms with Gasteiger partial charge < -0.3 is 34.3 Å². The standard InChI is InChI=1S/C36H56O9/c1-18-35-15-14-34(7)21-8-10-24(31(33(5,6)41)43-19(2)37)44-30(21)29(40)28(34)20(35)9-11-25-32(3,4)26(12-13-36(18,25)35)45-27-16-22(38)23(39)17-42-27/h18,20-28,30-31,38-39,41H,8-17H2,1-7H3/t18-,20?,21?,22?,23?,24?,25?,26?,27?,28?,30?,31?,34?,35?,36?/m0/s1. The summed E-state index contributed by atoms with van der Waals surface area (Å²) in [5.74, 6) is 1.27. The SMILES string of the molecule is CC(=O)OC(C1CCC2C(O1)C(=O)C1C3CCC4C(C)(C)C(OC5CC(O)C(O)CO5)CCC45[C@@H](C)C35CCC21C)C(C)(C)O. The molecule has 0 aromatic rings. The lowest BCUT2D eigenvalue weighted by atomic mass is 9.46. The fraction of sp³-hybridized carbons (Fsp3) is 0.944. The van der Waals surface area contributed by atoms with Crippen LogP contribution in [-0.2, 0) is 28.5 Å². The summed E-state index contributed by atoms with van der Waals surface area (Å²) in [6.07, 6.45) is 4.08. The lowest BCUT2D eigenvalue weighted by molar-refractivity contribution is -0.264. The average Bonchev–Trinajstić information content (AvgIpc) is 3.40. The Balaban J connectivity index is 1.12. The van der Waals surface area contributed by atoms with Gasteiger partial charge in [0.15, 0.2) is 18.2 Å². The monoisotopic (exact) mass is 632 g/mol. The van der Waals surface area contributed by atoms with Crippen molar-refractivity contribution in [2.75, 3.05) is 6.61 Å². The first-order valence-corrected chi connectivity index (χ1v) is 17.7. The van der Waals surface area contributed by atoms with Crippen LogP contribution in [-0.4, -0.2) is 82.2 Å². The van der Waals surface area contributed by atoms with Gasteiger partial charge in [-0.25, -0.2) is 0 Å². The Bertz CT molecular complexity index is 1210. The predicted octanol–water partition coefficient (Wildman–Crippen LogP) is 4.17. The number of ether oxygens (including phenoxy) is 4. The molecule has 7 rings (SSSR count). The lowest BCUT2D eigenvalue weighted by Crippen LogP contribution is -2.56. The summed E-state index contributed by atoms with van der Waals surface area (Å²) >= 11 is 0. The minimum absolute atomic E-state index is 0.0121. The van der Waals surface area contributed by atoms with Gasteiger partial charge >= 0.3 is 5.97 Å². The molecule has 5 aliphatic carbocycles. The molecular formula is C36H56O9. The molecule has 0 aromatic carbocycles. The van der Waals surface area contributed by atoms with Gasteiger partial charge in [-0.05, 0) is 111 Å². The minimum Gasteiger partial charge on any atom is -0.457 e. The van der Waals surface area contributed by atoms with Crippen molar-refractivity contribution in [3.05, 3.63) is 0 Å². The highest BCUT2D eigenvalue weighted by Gasteiger charge is 2.85. The van der Waals surface area contributed by atoms with Crippen LogP contribution in [0.1, 0.15) is 106 Å². The van der Waals surface area contributed by atoms with E-state index < -0.39 is 48.4 Å². The van der Waals surface area contributed by atoms with Gasteiger partial charge in [0.1, 0.15) is 12.2 Å². The van der Waals surface area contributed by atoms with Crippen LogP contribution in [0.4, 0.5) is 0 Å². The molecule has 5 saturated carbocycles. The van der Waals surface area contributed by atoms with E-state index >= 15 is 0 Å². The number of rotatable bonds is 5. The van der Waals surface area contributed by atoms with Gasteiger partial charge in [-0.3, -0.25) is 9.59 Å². The molecule has 2 spiro atoms. The third kappa shape index (κ3) is 4.39. The van der Waals surface area contributed by atoms with Crippen LogP contribution < -0.4 is 0 Å². The fourth-order valence-electron chi connectivity index (χ4n) is 13.1. The number of aliphatic hydroxyl groups is 3. The second kappa shape index (κ2) is 10.4. The van der Waals surface area contributed by atoms with Crippen LogP contribution in [0.15, 0.2) is 0 Å². The molecule has 0 amide bonds. The van der Waals surface area contributed by atoms with Crippen molar-refractivity contribution < 1.29 is 43.9 Å². The van der Waals surface area contributed by atoms with Gasteiger partial charge in [0.25, 0.3) is 0 Å². The zero-order valence-electron chi connectivity index (χ0n) is 28.3. The largest absolute Gasteiger partial charge is 0.457 e. The quantitative estimate of drug-likeness (QED) is 0.302. The highest BCUT2D eigenvalue weighted by Crippen LogP contribution is 2.89. The molecule has 0 aromatic heterocycles. The molecule has 9 heteroatoms. The summed E-state index contributed by atoms with van der Waals surface area (Å²) in [7, 11) is 0. The smallest absolute Gasteiger partial charge is 0.303 e. The molecule has 0 bridgehead atoms. The van der Waals surface area contributed by atoms with E-state index in [2.05, 4.69) is 27.7 Å². The van der Waals surface area contributed by atoms with Gasteiger partial charge in [-0.1, -0.05) is 27.7 Å². The highest BCUT2D eigenvalue weighted by atomic mass is 16.7. The first-order chi connectivity index (χ1) is 21.0. The zero-order valence-corrected chi connectivity index (χ0v) is 28.3. The molecule has 45 heavy (non-hydrogen) atoms. The zero-order chi connectivity index (χ0) is 32.5. The van der Waals surface area contributed by atoms with E-state index in [1.165, 1.54) is 6.92 Å². The molecule has 2 saturated heterocycles. The van der Waals surface area contributed by atoms with Crippen molar-refractivity contribution in [1.82, 2.24) is 0 Å². The van der Waals surface area contributed by atoms with E-state index in [1.807, 2.05) is 0 Å². The lowest BCUT2D eigenvalue weighted by Gasteiger charge is -2.59. The number of hydrogen-bond acceptors (Lipinski definition) is 9. The van der Waals surface area contributed by atoms with Gasteiger partial charge in [0.2, 0.25) is 0 Å². The third-order valence-corrected chi connectivity index (χ3v) is 15.0. The Labute approximate surface area is 268 Å². The number of fused-ring (bicyclic) bond motifs is 4. The number of carbonyl (C=O) groups excluding carboxylic acids is 2.